The van der Waals surface area contributed by atoms with Crippen molar-refractivity contribution < 1.29 is 36.6 Å². The van der Waals surface area contributed by atoms with Crippen molar-refractivity contribution in [2.24, 2.45) is 0 Å². The lowest BCUT2D eigenvalue weighted by Gasteiger charge is -2.29. The summed E-state index contributed by atoms with van der Waals surface area (Å²) in [4.78, 5) is 14.5. The molecule has 1 aromatic heterocycles. The normalized spacial score (nSPS) is 13.6. The summed E-state index contributed by atoms with van der Waals surface area (Å²) in [6.45, 7) is 3.68. The van der Waals surface area contributed by atoms with Crippen molar-refractivity contribution >= 4 is 16.0 Å². The van der Waals surface area contributed by atoms with E-state index in [4.69, 9.17) is 5.11 Å². The van der Waals surface area contributed by atoms with Crippen molar-refractivity contribution in [3.8, 4) is 0 Å². The highest BCUT2D eigenvalue weighted by molar-refractivity contribution is 7.89. The number of nitrogens with zero attached hydrogens (tertiary/aromatic N) is 2. The molecule has 2 rings (SSSR count). The maximum atomic E-state index is 13.4. The molecule has 0 bridgehead atoms. The van der Waals surface area contributed by atoms with Crippen LogP contribution in [0.4, 0.5) is 13.2 Å². The molecule has 212 valence electrons. The van der Waals surface area contributed by atoms with Gasteiger partial charge in [-0.25, -0.2) is 8.42 Å². The summed E-state index contributed by atoms with van der Waals surface area (Å²) in [5.41, 5.74) is -0.427. The Kier molecular flexibility index (Phi) is 11.3. The molecular weight excluding hydrogens is 523 g/mol. The number of sulfonamides is 1. The minimum Gasteiger partial charge on any atom is -0.481 e. The number of alkyl halides is 3. The minimum absolute atomic E-state index is 0.0234. The van der Waals surface area contributed by atoms with Crippen LogP contribution in [0.1, 0.15) is 56.4 Å². The zero-order valence-electron chi connectivity index (χ0n) is 21.8. The second-order valence-electron chi connectivity index (χ2n) is 9.99. The third kappa shape index (κ3) is 10.3. The molecule has 0 fully saturated rings. The van der Waals surface area contributed by atoms with Gasteiger partial charge in [-0.3, -0.25) is 9.78 Å². The predicted octanol–water partition coefficient (Wildman–Crippen LogP) is 3.88. The van der Waals surface area contributed by atoms with Gasteiger partial charge < -0.3 is 15.5 Å². The van der Waals surface area contributed by atoms with Crippen molar-refractivity contribution in [3.05, 3.63) is 59.4 Å². The SMILES string of the molecule is CN(C[C@H](O)CNC(C)(C)CCCc1ccccn1)S(=O)(=O)c1cc(CCCC(=O)O)cc(C(F)(F)F)c1. The second-order valence-corrected chi connectivity index (χ2v) is 12.0. The van der Waals surface area contributed by atoms with E-state index in [1.165, 1.54) is 7.05 Å². The molecule has 38 heavy (non-hydrogen) atoms. The number of pyridine rings is 1. The largest absolute Gasteiger partial charge is 0.481 e. The Morgan fingerprint density at radius 2 is 1.84 bits per heavy atom. The van der Waals surface area contributed by atoms with Gasteiger partial charge in [0.1, 0.15) is 0 Å². The average Bonchev–Trinajstić information content (AvgIpc) is 2.82. The molecule has 2 aromatic rings. The van der Waals surface area contributed by atoms with Gasteiger partial charge in [0.25, 0.3) is 0 Å². The fourth-order valence-corrected chi connectivity index (χ4v) is 5.25. The number of halogens is 3. The van der Waals surface area contributed by atoms with Crippen molar-refractivity contribution in [3.63, 3.8) is 0 Å². The Labute approximate surface area is 221 Å². The molecule has 0 saturated carbocycles. The predicted molar refractivity (Wildman–Crippen MR) is 137 cm³/mol. The highest BCUT2D eigenvalue weighted by Gasteiger charge is 2.34. The Bertz CT molecular complexity index is 1160. The lowest BCUT2D eigenvalue weighted by atomic mass is 9.96. The van der Waals surface area contributed by atoms with Crippen LogP contribution in [-0.4, -0.2) is 65.7 Å². The van der Waals surface area contributed by atoms with Gasteiger partial charge in [0.05, 0.1) is 16.6 Å². The van der Waals surface area contributed by atoms with Crippen LogP contribution in [0.3, 0.4) is 0 Å². The van der Waals surface area contributed by atoms with E-state index in [0.717, 1.165) is 41.4 Å². The summed E-state index contributed by atoms with van der Waals surface area (Å²) in [7, 11) is -3.16. The minimum atomic E-state index is -4.78. The number of aryl methyl sites for hydroxylation is 2. The van der Waals surface area contributed by atoms with E-state index in [1.807, 2.05) is 32.0 Å². The first-order valence-corrected chi connectivity index (χ1v) is 13.8. The number of likely N-dealkylation sites (N-methyl/N-ethyl adjacent to an activating group) is 1. The van der Waals surface area contributed by atoms with Gasteiger partial charge in [-0.15, -0.1) is 0 Å². The average molecular weight is 560 g/mol. The van der Waals surface area contributed by atoms with Gasteiger partial charge in [0.2, 0.25) is 10.0 Å². The monoisotopic (exact) mass is 559 g/mol. The molecule has 1 heterocycles. The van der Waals surface area contributed by atoms with E-state index in [0.29, 0.717) is 6.07 Å². The molecular formula is C26H36F3N3O5S. The molecule has 0 amide bonds. The van der Waals surface area contributed by atoms with E-state index in [1.54, 1.807) is 6.20 Å². The third-order valence-electron chi connectivity index (χ3n) is 6.10. The molecule has 0 spiro atoms. The van der Waals surface area contributed by atoms with Crippen LogP contribution in [0.5, 0.6) is 0 Å². The maximum absolute atomic E-state index is 13.4. The molecule has 0 aliphatic carbocycles. The Hall–Kier alpha value is -2.54. The molecule has 8 nitrogen and oxygen atoms in total. The summed E-state index contributed by atoms with van der Waals surface area (Å²) in [5, 5.41) is 22.5. The van der Waals surface area contributed by atoms with Crippen LogP contribution in [0.25, 0.3) is 0 Å². The molecule has 0 radical (unpaired) electrons. The fraction of sp³-hybridized carbons (Fsp3) is 0.538. The number of nitrogens with one attached hydrogen (secondary N) is 1. The van der Waals surface area contributed by atoms with Gasteiger partial charge in [0.15, 0.2) is 0 Å². The Morgan fingerprint density at radius 3 is 2.45 bits per heavy atom. The van der Waals surface area contributed by atoms with Crippen molar-refractivity contribution in [2.75, 3.05) is 20.1 Å². The van der Waals surface area contributed by atoms with Crippen molar-refractivity contribution in [1.29, 1.82) is 0 Å². The number of carboxylic acid groups (broad SMARTS) is 1. The summed E-state index contributed by atoms with van der Waals surface area (Å²) in [6, 6.07) is 8.23. The number of hydrogen-bond donors (Lipinski definition) is 3. The van der Waals surface area contributed by atoms with Crippen molar-refractivity contribution in [2.45, 2.75) is 75.1 Å². The Morgan fingerprint density at radius 1 is 1.13 bits per heavy atom. The van der Waals surface area contributed by atoms with E-state index in [-0.39, 0.29) is 43.5 Å². The summed E-state index contributed by atoms with van der Waals surface area (Å²) >= 11 is 0. The van der Waals surface area contributed by atoms with Gasteiger partial charge >= 0.3 is 12.1 Å². The van der Waals surface area contributed by atoms with E-state index in [2.05, 4.69) is 10.3 Å². The molecule has 1 aromatic carbocycles. The summed E-state index contributed by atoms with van der Waals surface area (Å²) in [6.07, 6.45) is -1.94. The number of rotatable bonds is 15. The Balaban J connectivity index is 2.01. The summed E-state index contributed by atoms with van der Waals surface area (Å²) < 4.78 is 67.3. The number of aromatic nitrogens is 1. The zero-order chi connectivity index (χ0) is 28.6. The van der Waals surface area contributed by atoms with Gasteiger partial charge in [-0.2, -0.15) is 17.5 Å². The molecule has 3 N–H and O–H groups in total. The smallest absolute Gasteiger partial charge is 0.416 e. The standard InChI is InChI=1S/C26H36F3N3O5S/c1-25(2,12-7-10-21-9-4-5-13-30-21)31-17-22(33)18-32(3)38(36,37)23-15-19(8-6-11-24(34)35)14-20(16-23)26(27,28)29/h4-5,9,13-16,22,31,33H,6-8,10-12,17-18H2,1-3H3,(H,34,35)/t22-/m1/s1. The number of benzene rings is 1. The molecule has 0 aliphatic heterocycles. The van der Waals surface area contributed by atoms with E-state index in [9.17, 15) is 31.5 Å². The lowest BCUT2D eigenvalue weighted by molar-refractivity contribution is -0.138. The molecule has 0 unspecified atom stereocenters. The van der Waals surface area contributed by atoms with Crippen LogP contribution in [0, 0.1) is 0 Å². The highest BCUT2D eigenvalue weighted by atomic mass is 32.2. The molecule has 12 heteroatoms. The summed E-state index contributed by atoms with van der Waals surface area (Å²) in [5.74, 6) is -1.09. The third-order valence-corrected chi connectivity index (χ3v) is 7.90. The maximum Gasteiger partial charge on any atom is 0.416 e. The first kappa shape index (κ1) is 31.7. The van der Waals surface area contributed by atoms with Gasteiger partial charge in [0, 0.05) is 44.0 Å². The first-order valence-electron chi connectivity index (χ1n) is 12.3. The number of β-amino-alcohol motifs (C(OH)–C–C–N with tert-alkyl or cyclic N) is 1. The number of aliphatic carboxylic acids is 1. The number of carboxylic acids is 1. The number of carbonyl (C=O) groups is 1. The topological polar surface area (TPSA) is 120 Å². The zero-order valence-corrected chi connectivity index (χ0v) is 22.6. The fourth-order valence-electron chi connectivity index (χ4n) is 3.94. The van der Waals surface area contributed by atoms with Crippen LogP contribution in [0.15, 0.2) is 47.5 Å². The molecule has 1 atom stereocenters. The highest BCUT2D eigenvalue weighted by Crippen LogP contribution is 2.33. The first-order chi connectivity index (χ1) is 17.6. The van der Waals surface area contributed by atoms with E-state index < -0.39 is 38.7 Å². The molecule has 0 saturated heterocycles. The second kappa shape index (κ2) is 13.5. The molecule has 0 aliphatic rings. The van der Waals surface area contributed by atoms with Crippen molar-refractivity contribution in [1.82, 2.24) is 14.6 Å². The van der Waals surface area contributed by atoms with Crippen LogP contribution in [-0.2, 0) is 33.8 Å². The lowest BCUT2D eigenvalue weighted by Crippen LogP contribution is -2.46. The van der Waals surface area contributed by atoms with Crippen LogP contribution >= 0.6 is 0 Å². The van der Waals surface area contributed by atoms with Crippen LogP contribution < -0.4 is 5.32 Å². The number of hydrogen-bond acceptors (Lipinski definition) is 6. The number of aliphatic hydroxyl groups is 1. The van der Waals surface area contributed by atoms with E-state index >= 15 is 0 Å². The van der Waals surface area contributed by atoms with Gasteiger partial charge in [-0.1, -0.05) is 6.07 Å². The quantitative estimate of drug-likeness (QED) is 0.303. The number of aliphatic hydroxyl groups excluding tert-OH is 1. The van der Waals surface area contributed by atoms with Gasteiger partial charge in [-0.05, 0) is 81.8 Å². The van der Waals surface area contributed by atoms with Crippen LogP contribution in [0.2, 0.25) is 0 Å².